The molecule has 0 unspecified atom stereocenters. The smallest absolute Gasteiger partial charge is 0.311 e. The number of amides is 2. The third kappa shape index (κ3) is 2.44. The highest BCUT2D eigenvalue weighted by molar-refractivity contribution is 6.35. The van der Waals surface area contributed by atoms with E-state index in [9.17, 15) is 9.59 Å². The number of hydrogen-bond acceptors (Lipinski definition) is 3. The van der Waals surface area contributed by atoms with Gasteiger partial charge in [0.15, 0.2) is 0 Å². The highest BCUT2D eigenvalue weighted by atomic mass is 16.2. The zero-order valence-electron chi connectivity index (χ0n) is 7.41. The van der Waals surface area contributed by atoms with Crippen molar-refractivity contribution in [1.29, 1.82) is 5.26 Å². The summed E-state index contributed by atoms with van der Waals surface area (Å²) < 4.78 is 0. The maximum absolute atomic E-state index is 11.2. The molecule has 1 saturated carbocycles. The van der Waals surface area contributed by atoms with Crippen LogP contribution in [0.5, 0.6) is 0 Å². The molecular weight excluding hydrogens is 170 g/mol. The van der Waals surface area contributed by atoms with Crippen LogP contribution in [0, 0.1) is 11.3 Å². The molecule has 0 aromatic rings. The van der Waals surface area contributed by atoms with Crippen LogP contribution in [-0.2, 0) is 9.59 Å². The summed E-state index contributed by atoms with van der Waals surface area (Å²) in [5.41, 5.74) is 0. The normalized spacial score (nSPS) is 14.5. The van der Waals surface area contributed by atoms with E-state index in [1.165, 1.54) is 4.90 Å². The SMILES string of the molecule is CN(C(=O)C(=O)NCC#N)C1CC1. The van der Waals surface area contributed by atoms with Crippen molar-refractivity contribution >= 4 is 11.8 Å². The Morgan fingerprint density at radius 3 is 2.69 bits per heavy atom. The third-order valence-corrected chi connectivity index (χ3v) is 1.94. The first-order valence-electron chi connectivity index (χ1n) is 4.08. The van der Waals surface area contributed by atoms with Crippen molar-refractivity contribution in [2.24, 2.45) is 0 Å². The van der Waals surface area contributed by atoms with Crippen molar-refractivity contribution in [1.82, 2.24) is 10.2 Å². The van der Waals surface area contributed by atoms with Gasteiger partial charge in [-0.15, -0.1) is 0 Å². The van der Waals surface area contributed by atoms with Gasteiger partial charge >= 0.3 is 11.8 Å². The minimum Gasteiger partial charge on any atom is -0.335 e. The third-order valence-electron chi connectivity index (χ3n) is 1.94. The molecule has 2 amide bonds. The summed E-state index contributed by atoms with van der Waals surface area (Å²) in [6.07, 6.45) is 1.93. The Morgan fingerprint density at radius 2 is 2.23 bits per heavy atom. The van der Waals surface area contributed by atoms with Crippen molar-refractivity contribution < 1.29 is 9.59 Å². The Labute approximate surface area is 76.3 Å². The molecule has 0 aromatic carbocycles. The maximum Gasteiger partial charge on any atom is 0.311 e. The van der Waals surface area contributed by atoms with Gasteiger partial charge in [-0.25, -0.2) is 0 Å². The van der Waals surface area contributed by atoms with Crippen molar-refractivity contribution in [2.45, 2.75) is 18.9 Å². The van der Waals surface area contributed by atoms with E-state index in [4.69, 9.17) is 5.26 Å². The summed E-state index contributed by atoms with van der Waals surface area (Å²) in [6.45, 7) is -0.122. The van der Waals surface area contributed by atoms with Gasteiger partial charge in [0.1, 0.15) is 6.54 Å². The second kappa shape index (κ2) is 3.90. The lowest BCUT2D eigenvalue weighted by Crippen LogP contribution is -2.42. The standard InChI is InChI=1S/C8H11N3O2/c1-11(6-2-3-6)8(13)7(12)10-5-4-9/h6H,2-3,5H2,1H3,(H,10,12). The lowest BCUT2D eigenvalue weighted by atomic mass is 10.4. The molecular formula is C8H11N3O2. The molecule has 1 rings (SSSR count). The van der Waals surface area contributed by atoms with Gasteiger partial charge in [0.25, 0.3) is 0 Å². The van der Waals surface area contributed by atoms with Crippen molar-refractivity contribution in [3.8, 4) is 6.07 Å². The Kier molecular flexibility index (Phi) is 2.85. The Morgan fingerprint density at radius 1 is 1.62 bits per heavy atom. The summed E-state index contributed by atoms with van der Waals surface area (Å²) in [6, 6.07) is 1.96. The van der Waals surface area contributed by atoms with Crippen LogP contribution in [0.1, 0.15) is 12.8 Å². The van der Waals surface area contributed by atoms with E-state index in [1.807, 2.05) is 0 Å². The average Bonchev–Trinajstić information content (AvgIpc) is 2.94. The second-order valence-electron chi connectivity index (χ2n) is 2.99. The molecule has 70 valence electrons. The highest BCUT2D eigenvalue weighted by Crippen LogP contribution is 2.25. The number of likely N-dealkylation sites (N-methyl/N-ethyl adjacent to an activating group) is 1. The number of nitriles is 1. The van der Waals surface area contributed by atoms with E-state index >= 15 is 0 Å². The van der Waals surface area contributed by atoms with Crippen LogP contribution in [0.15, 0.2) is 0 Å². The molecule has 5 nitrogen and oxygen atoms in total. The fourth-order valence-electron chi connectivity index (χ4n) is 0.983. The molecule has 1 aliphatic carbocycles. The molecule has 0 aromatic heterocycles. The van der Waals surface area contributed by atoms with E-state index in [0.717, 1.165) is 12.8 Å². The number of rotatable bonds is 2. The van der Waals surface area contributed by atoms with E-state index in [0.29, 0.717) is 0 Å². The van der Waals surface area contributed by atoms with Crippen LogP contribution in [0.4, 0.5) is 0 Å². The zero-order valence-corrected chi connectivity index (χ0v) is 7.41. The summed E-state index contributed by atoms with van der Waals surface area (Å²) in [7, 11) is 1.60. The summed E-state index contributed by atoms with van der Waals surface area (Å²) in [4.78, 5) is 23.7. The largest absolute Gasteiger partial charge is 0.335 e. The average molecular weight is 181 g/mol. The molecule has 1 N–H and O–H groups in total. The second-order valence-corrected chi connectivity index (χ2v) is 2.99. The van der Waals surface area contributed by atoms with E-state index in [2.05, 4.69) is 5.32 Å². The molecule has 0 radical (unpaired) electrons. The number of hydrogen-bond donors (Lipinski definition) is 1. The van der Waals surface area contributed by atoms with Gasteiger partial charge in [0, 0.05) is 13.1 Å². The van der Waals surface area contributed by atoms with Gasteiger partial charge in [-0.3, -0.25) is 9.59 Å². The number of carbonyl (C=O) groups excluding carboxylic acids is 2. The van der Waals surface area contributed by atoms with E-state index in [1.54, 1.807) is 13.1 Å². The quantitative estimate of drug-likeness (QED) is 0.450. The Bertz CT molecular complexity index is 265. The summed E-state index contributed by atoms with van der Waals surface area (Å²) in [5, 5.41) is 10.4. The van der Waals surface area contributed by atoms with Crippen LogP contribution in [0.3, 0.4) is 0 Å². The predicted molar refractivity (Wildman–Crippen MR) is 44.4 cm³/mol. The van der Waals surface area contributed by atoms with Crippen LogP contribution in [0.25, 0.3) is 0 Å². The first-order chi connectivity index (χ1) is 6.16. The molecule has 5 heteroatoms. The molecule has 1 aliphatic rings. The van der Waals surface area contributed by atoms with Crippen LogP contribution in [0.2, 0.25) is 0 Å². The zero-order chi connectivity index (χ0) is 9.84. The fourth-order valence-corrected chi connectivity index (χ4v) is 0.983. The Hall–Kier alpha value is -1.57. The molecule has 0 bridgehead atoms. The predicted octanol–water partition coefficient (Wildman–Crippen LogP) is -0.753. The molecule has 1 fully saturated rings. The molecule has 0 saturated heterocycles. The summed E-state index contributed by atoms with van der Waals surface area (Å²) in [5.74, 6) is -1.26. The first kappa shape index (κ1) is 9.52. The van der Waals surface area contributed by atoms with Crippen molar-refractivity contribution in [3.63, 3.8) is 0 Å². The number of nitrogens with zero attached hydrogens (tertiary/aromatic N) is 2. The van der Waals surface area contributed by atoms with Crippen molar-refractivity contribution in [3.05, 3.63) is 0 Å². The molecule has 0 spiro atoms. The van der Waals surface area contributed by atoms with Gasteiger partial charge in [-0.1, -0.05) is 0 Å². The van der Waals surface area contributed by atoms with Gasteiger partial charge in [-0.2, -0.15) is 5.26 Å². The van der Waals surface area contributed by atoms with Crippen LogP contribution in [-0.4, -0.2) is 36.3 Å². The maximum atomic E-state index is 11.2. The van der Waals surface area contributed by atoms with E-state index in [-0.39, 0.29) is 12.6 Å². The van der Waals surface area contributed by atoms with Crippen molar-refractivity contribution in [2.75, 3.05) is 13.6 Å². The molecule has 0 atom stereocenters. The van der Waals surface area contributed by atoms with E-state index < -0.39 is 11.8 Å². The fraction of sp³-hybridized carbons (Fsp3) is 0.625. The number of nitrogens with one attached hydrogen (secondary N) is 1. The Balaban J connectivity index is 2.37. The molecule has 0 aliphatic heterocycles. The highest BCUT2D eigenvalue weighted by Gasteiger charge is 2.32. The van der Waals surface area contributed by atoms with Gasteiger partial charge in [0.2, 0.25) is 0 Å². The number of carbonyl (C=O) groups is 2. The molecule has 13 heavy (non-hydrogen) atoms. The van der Waals surface area contributed by atoms with Crippen LogP contribution < -0.4 is 5.32 Å². The molecule has 0 heterocycles. The monoisotopic (exact) mass is 181 g/mol. The van der Waals surface area contributed by atoms with Gasteiger partial charge in [-0.05, 0) is 12.8 Å². The lowest BCUT2D eigenvalue weighted by Gasteiger charge is -2.14. The summed E-state index contributed by atoms with van der Waals surface area (Å²) >= 11 is 0. The lowest BCUT2D eigenvalue weighted by molar-refractivity contribution is -0.145. The van der Waals surface area contributed by atoms with Gasteiger partial charge in [0.05, 0.1) is 6.07 Å². The minimum absolute atomic E-state index is 0.122. The van der Waals surface area contributed by atoms with Crippen LogP contribution >= 0.6 is 0 Å². The minimum atomic E-state index is -0.698. The first-order valence-corrected chi connectivity index (χ1v) is 4.08. The topological polar surface area (TPSA) is 73.2 Å². The van der Waals surface area contributed by atoms with Gasteiger partial charge < -0.3 is 10.2 Å².